The first-order chi connectivity index (χ1) is 9.78. The van der Waals surface area contributed by atoms with Crippen LogP contribution in [-0.2, 0) is 0 Å². The smallest absolute Gasteiger partial charge is 0.118 e. The summed E-state index contributed by atoms with van der Waals surface area (Å²) in [6.07, 6.45) is 5.35. The lowest BCUT2D eigenvalue weighted by molar-refractivity contribution is 0.130. The van der Waals surface area contributed by atoms with E-state index in [4.69, 9.17) is 4.74 Å². The lowest BCUT2D eigenvalue weighted by atomic mass is 9.98. The van der Waals surface area contributed by atoms with Gasteiger partial charge in [-0.3, -0.25) is 4.90 Å². The normalized spacial score (nSPS) is 21.6. The molecule has 0 aliphatic carbocycles. The van der Waals surface area contributed by atoms with Crippen molar-refractivity contribution in [2.45, 2.75) is 44.7 Å². The minimum Gasteiger partial charge on any atom is -0.497 e. The second-order valence-corrected chi connectivity index (χ2v) is 5.67. The molecule has 3 nitrogen and oxygen atoms in total. The molecule has 0 radical (unpaired) electrons. The van der Waals surface area contributed by atoms with Crippen LogP contribution >= 0.6 is 0 Å². The minimum absolute atomic E-state index is 0.396. The Hall–Kier alpha value is -1.06. The molecule has 1 N–H and O–H groups in total. The molecular formula is C17H28N2O. The van der Waals surface area contributed by atoms with E-state index in [9.17, 15) is 0 Å². The maximum absolute atomic E-state index is 5.24. The number of nitrogens with zero attached hydrogens (tertiary/aromatic N) is 1. The minimum atomic E-state index is 0.396. The number of piperidine rings is 1. The van der Waals surface area contributed by atoms with E-state index in [-0.39, 0.29) is 0 Å². The molecule has 0 amide bonds. The summed E-state index contributed by atoms with van der Waals surface area (Å²) in [6.45, 7) is 4.65. The van der Waals surface area contributed by atoms with Crippen molar-refractivity contribution < 1.29 is 4.74 Å². The fraction of sp³-hybridized carbons (Fsp3) is 0.647. The quantitative estimate of drug-likeness (QED) is 0.863. The third kappa shape index (κ3) is 3.74. The SMILES string of the molecule is CCC1CCCCN1CC(NC)c1ccc(OC)cc1. The van der Waals surface area contributed by atoms with Crippen molar-refractivity contribution in [3.05, 3.63) is 29.8 Å². The molecule has 112 valence electrons. The van der Waals surface area contributed by atoms with Gasteiger partial charge in [0, 0.05) is 18.6 Å². The molecule has 0 saturated carbocycles. The van der Waals surface area contributed by atoms with Crippen LogP contribution in [0.3, 0.4) is 0 Å². The zero-order chi connectivity index (χ0) is 14.4. The van der Waals surface area contributed by atoms with Crippen LogP contribution < -0.4 is 10.1 Å². The highest BCUT2D eigenvalue weighted by atomic mass is 16.5. The molecule has 20 heavy (non-hydrogen) atoms. The number of ether oxygens (including phenoxy) is 1. The number of hydrogen-bond acceptors (Lipinski definition) is 3. The van der Waals surface area contributed by atoms with Crippen LogP contribution in [0, 0.1) is 0 Å². The second kappa shape index (κ2) is 7.65. The molecule has 0 bridgehead atoms. The largest absolute Gasteiger partial charge is 0.497 e. The Morgan fingerprint density at radius 2 is 2.05 bits per heavy atom. The predicted octanol–water partition coefficient (Wildman–Crippen LogP) is 3.22. The molecule has 1 aromatic carbocycles. The standard InChI is InChI=1S/C17H28N2O/c1-4-15-7-5-6-12-19(15)13-17(18-2)14-8-10-16(20-3)11-9-14/h8-11,15,17-18H,4-7,12-13H2,1-3H3. The van der Waals surface area contributed by atoms with Gasteiger partial charge >= 0.3 is 0 Å². The van der Waals surface area contributed by atoms with E-state index in [0.717, 1.165) is 18.3 Å². The average Bonchev–Trinajstić information content (AvgIpc) is 2.53. The predicted molar refractivity (Wildman–Crippen MR) is 84.3 cm³/mol. The van der Waals surface area contributed by atoms with Gasteiger partial charge in [0.15, 0.2) is 0 Å². The van der Waals surface area contributed by atoms with Crippen molar-refractivity contribution in [2.24, 2.45) is 0 Å². The number of likely N-dealkylation sites (N-methyl/N-ethyl adjacent to an activating group) is 1. The summed E-state index contributed by atoms with van der Waals surface area (Å²) in [4.78, 5) is 2.66. The first kappa shape index (κ1) is 15.3. The maximum Gasteiger partial charge on any atom is 0.118 e. The fourth-order valence-electron chi connectivity index (χ4n) is 3.20. The topological polar surface area (TPSA) is 24.5 Å². The summed E-state index contributed by atoms with van der Waals surface area (Å²) >= 11 is 0. The molecule has 1 fully saturated rings. The van der Waals surface area contributed by atoms with E-state index < -0.39 is 0 Å². The highest BCUT2D eigenvalue weighted by molar-refractivity contribution is 5.29. The molecule has 0 spiro atoms. The van der Waals surface area contributed by atoms with Crippen molar-refractivity contribution in [1.29, 1.82) is 0 Å². The average molecular weight is 276 g/mol. The van der Waals surface area contributed by atoms with Crippen LogP contribution in [0.5, 0.6) is 5.75 Å². The van der Waals surface area contributed by atoms with Crippen LogP contribution in [0.2, 0.25) is 0 Å². The zero-order valence-corrected chi connectivity index (χ0v) is 13.1. The lowest BCUT2D eigenvalue weighted by Crippen LogP contribution is -2.43. The maximum atomic E-state index is 5.24. The molecule has 1 aliphatic heterocycles. The number of rotatable bonds is 6. The zero-order valence-electron chi connectivity index (χ0n) is 13.1. The second-order valence-electron chi connectivity index (χ2n) is 5.67. The Morgan fingerprint density at radius 3 is 2.65 bits per heavy atom. The molecule has 1 aromatic rings. The molecule has 0 aromatic heterocycles. The van der Waals surface area contributed by atoms with E-state index in [0.29, 0.717) is 6.04 Å². The summed E-state index contributed by atoms with van der Waals surface area (Å²) in [7, 11) is 3.77. The van der Waals surface area contributed by atoms with Gasteiger partial charge in [-0.2, -0.15) is 0 Å². The van der Waals surface area contributed by atoms with Crippen molar-refractivity contribution in [3.63, 3.8) is 0 Å². The van der Waals surface area contributed by atoms with Gasteiger partial charge in [-0.05, 0) is 50.6 Å². The molecule has 2 rings (SSSR count). The van der Waals surface area contributed by atoms with E-state index in [1.165, 1.54) is 37.8 Å². The van der Waals surface area contributed by atoms with E-state index in [1.807, 2.05) is 12.1 Å². The van der Waals surface area contributed by atoms with Gasteiger partial charge in [-0.15, -0.1) is 0 Å². The lowest BCUT2D eigenvalue weighted by Gasteiger charge is -2.37. The molecule has 1 heterocycles. The van der Waals surface area contributed by atoms with Crippen LogP contribution in [0.1, 0.15) is 44.2 Å². The van der Waals surface area contributed by atoms with E-state index in [1.54, 1.807) is 7.11 Å². The van der Waals surface area contributed by atoms with Gasteiger partial charge in [0.25, 0.3) is 0 Å². The molecule has 2 atom stereocenters. The Kier molecular flexibility index (Phi) is 5.86. The van der Waals surface area contributed by atoms with Gasteiger partial charge in [0.2, 0.25) is 0 Å². The van der Waals surface area contributed by atoms with Crippen LogP contribution in [0.4, 0.5) is 0 Å². The van der Waals surface area contributed by atoms with Crippen LogP contribution in [0.25, 0.3) is 0 Å². The van der Waals surface area contributed by atoms with Crippen LogP contribution in [-0.4, -0.2) is 38.2 Å². The molecule has 1 aliphatic rings. The molecule has 1 saturated heterocycles. The van der Waals surface area contributed by atoms with Gasteiger partial charge in [0.1, 0.15) is 5.75 Å². The Labute approximate surface area is 123 Å². The van der Waals surface area contributed by atoms with Gasteiger partial charge < -0.3 is 10.1 Å². The summed E-state index contributed by atoms with van der Waals surface area (Å²) < 4.78 is 5.24. The first-order valence-corrected chi connectivity index (χ1v) is 7.83. The number of methoxy groups -OCH3 is 1. The fourth-order valence-corrected chi connectivity index (χ4v) is 3.20. The van der Waals surface area contributed by atoms with E-state index in [2.05, 4.69) is 36.3 Å². The Bertz CT molecular complexity index is 390. The van der Waals surface area contributed by atoms with Crippen molar-refractivity contribution in [2.75, 3.05) is 27.2 Å². The number of hydrogen-bond donors (Lipinski definition) is 1. The Balaban J connectivity index is 2.03. The number of likely N-dealkylation sites (tertiary alicyclic amines) is 1. The Morgan fingerprint density at radius 1 is 1.30 bits per heavy atom. The van der Waals surface area contributed by atoms with Crippen molar-refractivity contribution in [1.82, 2.24) is 10.2 Å². The third-order valence-electron chi connectivity index (χ3n) is 4.50. The summed E-state index contributed by atoms with van der Waals surface area (Å²) in [5, 5.41) is 3.47. The number of nitrogens with one attached hydrogen (secondary N) is 1. The third-order valence-corrected chi connectivity index (χ3v) is 4.50. The summed E-state index contributed by atoms with van der Waals surface area (Å²) in [6, 6.07) is 9.60. The summed E-state index contributed by atoms with van der Waals surface area (Å²) in [5.41, 5.74) is 1.34. The van der Waals surface area contributed by atoms with Crippen LogP contribution in [0.15, 0.2) is 24.3 Å². The van der Waals surface area contributed by atoms with Gasteiger partial charge in [0.05, 0.1) is 7.11 Å². The monoisotopic (exact) mass is 276 g/mol. The molecule has 2 unspecified atom stereocenters. The highest BCUT2D eigenvalue weighted by Gasteiger charge is 2.23. The van der Waals surface area contributed by atoms with Gasteiger partial charge in [-0.25, -0.2) is 0 Å². The molecular weight excluding hydrogens is 248 g/mol. The van der Waals surface area contributed by atoms with E-state index >= 15 is 0 Å². The first-order valence-electron chi connectivity index (χ1n) is 7.83. The summed E-state index contributed by atoms with van der Waals surface area (Å²) in [5.74, 6) is 0.924. The van der Waals surface area contributed by atoms with Gasteiger partial charge in [-0.1, -0.05) is 25.5 Å². The highest BCUT2D eigenvalue weighted by Crippen LogP contribution is 2.24. The number of benzene rings is 1. The molecule has 3 heteroatoms. The van der Waals surface area contributed by atoms with Crippen molar-refractivity contribution in [3.8, 4) is 5.75 Å². The van der Waals surface area contributed by atoms with Crippen molar-refractivity contribution >= 4 is 0 Å².